The van der Waals surface area contributed by atoms with Gasteiger partial charge in [-0.25, -0.2) is 4.79 Å². The fourth-order valence-electron chi connectivity index (χ4n) is 5.19. The number of carbonyl (C=O) groups is 2. The minimum Gasteiger partial charge on any atom is -0.444 e. The van der Waals surface area contributed by atoms with Crippen LogP contribution in [0.2, 0.25) is 0 Å². The lowest BCUT2D eigenvalue weighted by Gasteiger charge is -2.39. The fourth-order valence-corrected chi connectivity index (χ4v) is 5.19. The van der Waals surface area contributed by atoms with E-state index in [-0.39, 0.29) is 30.8 Å². The molecule has 4 rings (SSSR count). The predicted molar refractivity (Wildman–Crippen MR) is 134 cm³/mol. The Kier molecular flexibility index (Phi) is 7.46. The van der Waals surface area contributed by atoms with Crippen LogP contribution < -0.4 is 0 Å². The van der Waals surface area contributed by atoms with E-state index in [0.29, 0.717) is 19.0 Å². The van der Waals surface area contributed by atoms with Crippen LogP contribution in [0.4, 0.5) is 4.79 Å². The maximum atomic E-state index is 13.4. The van der Waals surface area contributed by atoms with Crippen molar-refractivity contribution >= 4 is 22.8 Å². The maximum absolute atomic E-state index is 13.4. The summed E-state index contributed by atoms with van der Waals surface area (Å²) in [5.41, 5.74) is 0.463. The van der Waals surface area contributed by atoms with Crippen molar-refractivity contribution < 1.29 is 19.1 Å². The Morgan fingerprint density at radius 3 is 2.59 bits per heavy atom. The lowest BCUT2D eigenvalue weighted by atomic mass is 9.98. The molecule has 0 radical (unpaired) electrons. The van der Waals surface area contributed by atoms with Crippen molar-refractivity contribution in [1.82, 2.24) is 9.80 Å². The zero-order valence-electron chi connectivity index (χ0n) is 21.0. The first-order valence-electron chi connectivity index (χ1n) is 12.6. The van der Waals surface area contributed by atoms with Crippen LogP contribution in [0, 0.1) is 5.92 Å². The number of hydrogen-bond donors (Lipinski definition) is 0. The fraction of sp³-hybridized carbons (Fsp3) is 0.571. The molecule has 6 nitrogen and oxygen atoms in total. The molecule has 2 aromatic rings. The van der Waals surface area contributed by atoms with Gasteiger partial charge in [-0.3, -0.25) is 9.69 Å². The molecule has 1 heterocycles. The normalized spacial score (nSPS) is 20.5. The van der Waals surface area contributed by atoms with Gasteiger partial charge in [-0.15, -0.1) is 0 Å². The molecular formula is C28H38N2O4. The summed E-state index contributed by atoms with van der Waals surface area (Å²) in [5, 5.41) is 2.26. The number of rotatable bonds is 6. The van der Waals surface area contributed by atoms with Crippen LogP contribution >= 0.6 is 0 Å². The number of morpholine rings is 1. The van der Waals surface area contributed by atoms with Crippen molar-refractivity contribution in [1.29, 1.82) is 0 Å². The van der Waals surface area contributed by atoms with E-state index >= 15 is 0 Å². The van der Waals surface area contributed by atoms with Crippen LogP contribution in [0.15, 0.2) is 42.5 Å². The third-order valence-electron chi connectivity index (χ3n) is 6.94. The van der Waals surface area contributed by atoms with E-state index in [1.807, 2.05) is 50.8 Å². The Labute approximate surface area is 203 Å². The van der Waals surface area contributed by atoms with Gasteiger partial charge in [-0.2, -0.15) is 0 Å². The standard InChI is InChI=1S/C28H38N2O4/c1-20(24-15-9-13-22-12-7-8-14-25(22)24)30(27(32)34-28(2,3)4)18-23-17-29(26(31)19-33-23)16-21-10-5-6-11-21/h7-9,12-15,20-21,23H,5-6,10-11,16-19H2,1-4H3/t20-,23?/m1/s1. The summed E-state index contributed by atoms with van der Waals surface area (Å²) in [7, 11) is 0. The zero-order valence-corrected chi connectivity index (χ0v) is 21.0. The predicted octanol–water partition coefficient (Wildman–Crippen LogP) is 5.56. The molecule has 1 saturated heterocycles. The number of ether oxygens (including phenoxy) is 2. The summed E-state index contributed by atoms with van der Waals surface area (Å²) >= 11 is 0. The summed E-state index contributed by atoms with van der Waals surface area (Å²) in [6.07, 6.45) is 4.28. The summed E-state index contributed by atoms with van der Waals surface area (Å²) < 4.78 is 11.7. The van der Waals surface area contributed by atoms with Crippen molar-refractivity contribution in [3.8, 4) is 0 Å². The Morgan fingerprint density at radius 1 is 1.15 bits per heavy atom. The van der Waals surface area contributed by atoms with Crippen molar-refractivity contribution in [3.63, 3.8) is 0 Å². The lowest BCUT2D eigenvalue weighted by molar-refractivity contribution is -0.150. The third-order valence-corrected chi connectivity index (χ3v) is 6.94. The smallest absolute Gasteiger partial charge is 0.410 e. The van der Waals surface area contributed by atoms with Gasteiger partial charge >= 0.3 is 6.09 Å². The van der Waals surface area contributed by atoms with E-state index in [1.165, 1.54) is 25.7 Å². The van der Waals surface area contributed by atoms with Gasteiger partial charge in [0, 0.05) is 13.1 Å². The van der Waals surface area contributed by atoms with Crippen molar-refractivity contribution in [2.24, 2.45) is 5.92 Å². The average Bonchev–Trinajstić information content (AvgIpc) is 3.30. The Hall–Kier alpha value is -2.60. The minimum absolute atomic E-state index is 0.0501. The SMILES string of the molecule is C[C@H](c1cccc2ccccc12)N(CC1CN(CC2CCCC2)C(=O)CO1)C(=O)OC(C)(C)C. The number of carbonyl (C=O) groups excluding carboxylic acids is 2. The van der Waals surface area contributed by atoms with Gasteiger partial charge < -0.3 is 14.4 Å². The number of hydrogen-bond acceptors (Lipinski definition) is 4. The highest BCUT2D eigenvalue weighted by molar-refractivity contribution is 5.86. The van der Waals surface area contributed by atoms with E-state index in [2.05, 4.69) is 24.3 Å². The van der Waals surface area contributed by atoms with Crippen molar-refractivity contribution in [2.75, 3.05) is 26.2 Å². The second-order valence-electron chi connectivity index (χ2n) is 10.8. The molecule has 0 N–H and O–H groups in total. The molecule has 2 amide bonds. The molecule has 2 fully saturated rings. The van der Waals surface area contributed by atoms with E-state index < -0.39 is 5.60 Å². The van der Waals surface area contributed by atoms with Gasteiger partial charge in [-0.05, 0) is 62.8 Å². The molecule has 0 bridgehead atoms. The van der Waals surface area contributed by atoms with Gasteiger partial charge in [0.2, 0.25) is 5.91 Å². The van der Waals surface area contributed by atoms with Gasteiger partial charge in [0.15, 0.2) is 0 Å². The van der Waals surface area contributed by atoms with Crippen molar-refractivity contribution in [2.45, 2.75) is 71.1 Å². The number of benzene rings is 2. The second-order valence-corrected chi connectivity index (χ2v) is 10.8. The van der Waals surface area contributed by atoms with Crippen LogP contribution in [-0.2, 0) is 14.3 Å². The third kappa shape index (κ3) is 5.90. The topological polar surface area (TPSA) is 59.1 Å². The summed E-state index contributed by atoms with van der Waals surface area (Å²) in [6.45, 7) is 9.42. The summed E-state index contributed by atoms with van der Waals surface area (Å²) in [5.74, 6) is 0.633. The van der Waals surface area contributed by atoms with Crippen LogP contribution in [0.25, 0.3) is 10.8 Å². The molecular weight excluding hydrogens is 428 g/mol. The molecule has 1 aliphatic heterocycles. The first kappa shape index (κ1) is 24.5. The minimum atomic E-state index is -0.605. The molecule has 2 aromatic carbocycles. The van der Waals surface area contributed by atoms with Crippen LogP contribution in [0.1, 0.15) is 65.0 Å². The average molecular weight is 467 g/mol. The van der Waals surface area contributed by atoms with E-state index in [9.17, 15) is 9.59 Å². The van der Waals surface area contributed by atoms with Gasteiger partial charge in [0.05, 0.1) is 18.7 Å². The number of fused-ring (bicyclic) bond motifs is 1. The Morgan fingerprint density at radius 2 is 1.85 bits per heavy atom. The maximum Gasteiger partial charge on any atom is 0.410 e. The molecule has 0 spiro atoms. The number of amides is 2. The van der Waals surface area contributed by atoms with Gasteiger partial charge in [-0.1, -0.05) is 55.3 Å². The van der Waals surface area contributed by atoms with Crippen LogP contribution in [0.3, 0.4) is 0 Å². The molecule has 1 unspecified atom stereocenters. The highest BCUT2D eigenvalue weighted by atomic mass is 16.6. The highest BCUT2D eigenvalue weighted by Crippen LogP contribution is 2.31. The largest absolute Gasteiger partial charge is 0.444 e. The van der Waals surface area contributed by atoms with E-state index in [1.54, 1.807) is 4.90 Å². The monoisotopic (exact) mass is 466 g/mol. The lowest BCUT2D eigenvalue weighted by Crippen LogP contribution is -2.53. The van der Waals surface area contributed by atoms with E-state index in [4.69, 9.17) is 9.47 Å². The molecule has 6 heteroatoms. The zero-order chi connectivity index (χ0) is 24.3. The van der Waals surface area contributed by atoms with Gasteiger partial charge in [0.1, 0.15) is 12.2 Å². The molecule has 2 atom stereocenters. The van der Waals surface area contributed by atoms with E-state index in [0.717, 1.165) is 22.9 Å². The quantitative estimate of drug-likeness (QED) is 0.560. The first-order valence-corrected chi connectivity index (χ1v) is 12.6. The number of nitrogens with zero attached hydrogens (tertiary/aromatic N) is 2. The molecule has 34 heavy (non-hydrogen) atoms. The molecule has 1 saturated carbocycles. The summed E-state index contributed by atoms with van der Waals surface area (Å²) in [4.78, 5) is 29.6. The Balaban J connectivity index is 1.56. The highest BCUT2D eigenvalue weighted by Gasteiger charge is 2.34. The van der Waals surface area contributed by atoms with Gasteiger partial charge in [0.25, 0.3) is 0 Å². The van der Waals surface area contributed by atoms with Crippen molar-refractivity contribution in [3.05, 3.63) is 48.0 Å². The molecule has 0 aromatic heterocycles. The molecule has 184 valence electrons. The first-order chi connectivity index (χ1) is 16.2. The molecule has 1 aliphatic carbocycles. The summed E-state index contributed by atoms with van der Waals surface area (Å²) in [6, 6.07) is 14.2. The molecule has 2 aliphatic rings. The Bertz CT molecular complexity index is 1000. The second kappa shape index (κ2) is 10.3. The van der Waals surface area contributed by atoms with Crippen LogP contribution in [-0.4, -0.2) is 59.7 Å². The van der Waals surface area contributed by atoms with Crippen LogP contribution in [0.5, 0.6) is 0 Å².